The van der Waals surface area contributed by atoms with Gasteiger partial charge in [-0.05, 0) is 29.9 Å². The average Bonchev–Trinajstić information content (AvgIpc) is 3.04. The number of aromatic nitrogens is 2. The van der Waals surface area contributed by atoms with Crippen LogP contribution < -0.4 is 10.5 Å². The fourth-order valence-corrected chi connectivity index (χ4v) is 2.72. The molecule has 0 aromatic carbocycles. The molecule has 0 radical (unpaired) electrons. The smallest absolute Gasteiger partial charge is 0.245 e. The molecular formula is C14H18N4O2S. The molecule has 0 aliphatic carbocycles. The molecule has 6 nitrogen and oxygen atoms in total. The van der Waals surface area contributed by atoms with E-state index in [4.69, 9.17) is 15.7 Å². The highest BCUT2D eigenvalue weighted by molar-refractivity contribution is 7.09. The average molecular weight is 306 g/mol. The second-order valence-electron chi connectivity index (χ2n) is 4.37. The van der Waals surface area contributed by atoms with Crippen LogP contribution in [0.4, 0.5) is 0 Å². The van der Waals surface area contributed by atoms with Gasteiger partial charge in [0.2, 0.25) is 5.88 Å². The van der Waals surface area contributed by atoms with Crippen LogP contribution in [0.25, 0.3) is 0 Å². The van der Waals surface area contributed by atoms with Crippen molar-refractivity contribution in [2.75, 3.05) is 0 Å². The van der Waals surface area contributed by atoms with Crippen LogP contribution in [0.15, 0.2) is 22.7 Å². The van der Waals surface area contributed by atoms with E-state index in [1.165, 1.54) is 0 Å². The number of rotatable bonds is 6. The van der Waals surface area contributed by atoms with E-state index in [9.17, 15) is 0 Å². The molecule has 21 heavy (non-hydrogen) atoms. The number of ether oxygens (including phenoxy) is 1. The molecule has 0 aliphatic rings. The summed E-state index contributed by atoms with van der Waals surface area (Å²) < 4.78 is 5.71. The van der Waals surface area contributed by atoms with Crippen molar-refractivity contribution in [1.82, 2.24) is 10.2 Å². The Morgan fingerprint density at radius 3 is 2.76 bits per heavy atom. The van der Waals surface area contributed by atoms with Gasteiger partial charge in [0, 0.05) is 4.88 Å². The predicted octanol–water partition coefficient (Wildman–Crippen LogP) is 2.34. The topological polar surface area (TPSA) is 93.6 Å². The van der Waals surface area contributed by atoms with Crippen LogP contribution >= 0.6 is 11.3 Å². The largest absolute Gasteiger partial charge is 0.470 e. The fraction of sp³-hybridized carbons (Fsp3) is 0.357. The first kappa shape index (κ1) is 15.2. The Kier molecular flexibility index (Phi) is 5.10. The van der Waals surface area contributed by atoms with Crippen molar-refractivity contribution in [3.63, 3.8) is 0 Å². The van der Waals surface area contributed by atoms with Gasteiger partial charge in [0.1, 0.15) is 6.61 Å². The molecule has 0 saturated heterocycles. The molecule has 3 N–H and O–H groups in total. The van der Waals surface area contributed by atoms with Crippen molar-refractivity contribution in [2.24, 2.45) is 10.9 Å². The van der Waals surface area contributed by atoms with Gasteiger partial charge in [0.05, 0.1) is 11.3 Å². The molecule has 0 aliphatic heterocycles. The van der Waals surface area contributed by atoms with Crippen molar-refractivity contribution in [2.45, 2.75) is 33.3 Å². The summed E-state index contributed by atoms with van der Waals surface area (Å²) in [6, 6.07) is 3.93. The molecular weight excluding hydrogens is 288 g/mol. The number of aryl methyl sites for hydroxylation is 1. The van der Waals surface area contributed by atoms with Crippen LogP contribution in [0.3, 0.4) is 0 Å². The summed E-state index contributed by atoms with van der Waals surface area (Å²) in [4.78, 5) is 1.07. The Labute approximate surface area is 127 Å². The SMILES string of the molecule is CCc1nnc(OCc2cccs2)c(/C(N)=N/O)c1CC. The van der Waals surface area contributed by atoms with Gasteiger partial charge < -0.3 is 15.7 Å². The summed E-state index contributed by atoms with van der Waals surface area (Å²) >= 11 is 1.60. The standard InChI is InChI=1S/C14H18N4O2S/c1-3-10-11(4-2)16-17-14(12(10)13(15)18-19)20-8-9-6-5-7-21-9/h5-7,19H,3-4,8H2,1-2H3,(H2,15,18). The Balaban J connectivity index is 2.39. The highest BCUT2D eigenvalue weighted by Gasteiger charge is 2.19. The van der Waals surface area contributed by atoms with E-state index in [0.29, 0.717) is 24.5 Å². The van der Waals surface area contributed by atoms with Gasteiger partial charge >= 0.3 is 0 Å². The lowest BCUT2D eigenvalue weighted by atomic mass is 10.0. The molecule has 0 fully saturated rings. The van der Waals surface area contributed by atoms with E-state index in [1.54, 1.807) is 11.3 Å². The van der Waals surface area contributed by atoms with Gasteiger partial charge in [-0.25, -0.2) is 0 Å². The molecule has 2 heterocycles. The molecule has 0 unspecified atom stereocenters. The van der Waals surface area contributed by atoms with Gasteiger partial charge in [0.25, 0.3) is 0 Å². The van der Waals surface area contributed by atoms with Crippen LogP contribution in [0, 0.1) is 0 Å². The molecule has 0 spiro atoms. The normalized spacial score (nSPS) is 11.6. The van der Waals surface area contributed by atoms with Crippen molar-refractivity contribution >= 4 is 17.2 Å². The highest BCUT2D eigenvalue weighted by Crippen LogP contribution is 2.24. The summed E-state index contributed by atoms with van der Waals surface area (Å²) in [6.45, 7) is 4.37. The second kappa shape index (κ2) is 7.03. The number of oxime groups is 1. The number of amidine groups is 1. The number of nitrogens with zero attached hydrogens (tertiary/aromatic N) is 3. The zero-order chi connectivity index (χ0) is 15.2. The van der Waals surface area contributed by atoms with E-state index in [-0.39, 0.29) is 5.84 Å². The summed E-state index contributed by atoms with van der Waals surface area (Å²) in [5.41, 5.74) is 8.07. The van der Waals surface area contributed by atoms with Crippen LogP contribution in [0.1, 0.15) is 35.5 Å². The van der Waals surface area contributed by atoms with Crippen molar-refractivity contribution in [3.8, 4) is 5.88 Å². The number of hydrogen-bond acceptors (Lipinski definition) is 6. The lowest BCUT2D eigenvalue weighted by molar-refractivity contribution is 0.290. The summed E-state index contributed by atoms with van der Waals surface area (Å²) in [6.07, 6.45) is 1.44. The summed E-state index contributed by atoms with van der Waals surface area (Å²) in [5, 5.41) is 22.4. The van der Waals surface area contributed by atoms with Crippen LogP contribution in [0.5, 0.6) is 5.88 Å². The summed E-state index contributed by atoms with van der Waals surface area (Å²) in [7, 11) is 0. The van der Waals surface area contributed by atoms with Crippen LogP contribution in [-0.4, -0.2) is 21.2 Å². The van der Waals surface area contributed by atoms with E-state index in [2.05, 4.69) is 15.4 Å². The van der Waals surface area contributed by atoms with Gasteiger partial charge in [-0.2, -0.15) is 5.10 Å². The Hall–Kier alpha value is -2.15. The van der Waals surface area contributed by atoms with E-state index in [0.717, 1.165) is 22.6 Å². The van der Waals surface area contributed by atoms with Crippen LogP contribution in [-0.2, 0) is 19.4 Å². The van der Waals surface area contributed by atoms with E-state index in [1.807, 2.05) is 31.4 Å². The summed E-state index contributed by atoms with van der Waals surface area (Å²) in [5.74, 6) is 0.297. The number of nitrogens with two attached hydrogens (primary N) is 1. The maximum atomic E-state index is 9.01. The third-order valence-electron chi connectivity index (χ3n) is 3.11. The molecule has 0 bridgehead atoms. The minimum atomic E-state index is -0.00219. The van der Waals surface area contributed by atoms with E-state index < -0.39 is 0 Å². The van der Waals surface area contributed by atoms with Crippen molar-refractivity contribution in [3.05, 3.63) is 39.2 Å². The molecule has 7 heteroatoms. The third kappa shape index (κ3) is 3.30. The first-order valence-corrected chi connectivity index (χ1v) is 7.60. The molecule has 0 amide bonds. The second-order valence-corrected chi connectivity index (χ2v) is 5.40. The van der Waals surface area contributed by atoms with Gasteiger partial charge in [0.15, 0.2) is 5.84 Å². The lowest BCUT2D eigenvalue weighted by Gasteiger charge is -2.14. The minimum Gasteiger partial charge on any atom is -0.470 e. The Morgan fingerprint density at radius 1 is 1.38 bits per heavy atom. The zero-order valence-electron chi connectivity index (χ0n) is 12.0. The third-order valence-corrected chi connectivity index (χ3v) is 3.96. The number of thiophene rings is 1. The zero-order valence-corrected chi connectivity index (χ0v) is 12.9. The Morgan fingerprint density at radius 2 is 2.19 bits per heavy atom. The maximum absolute atomic E-state index is 9.01. The Bertz CT molecular complexity index is 626. The van der Waals surface area contributed by atoms with E-state index >= 15 is 0 Å². The van der Waals surface area contributed by atoms with Crippen LogP contribution in [0.2, 0.25) is 0 Å². The fourth-order valence-electron chi connectivity index (χ4n) is 2.10. The molecule has 2 rings (SSSR count). The highest BCUT2D eigenvalue weighted by atomic mass is 32.1. The first-order chi connectivity index (χ1) is 10.2. The maximum Gasteiger partial charge on any atom is 0.245 e. The molecule has 112 valence electrons. The van der Waals surface area contributed by atoms with Gasteiger partial charge in [-0.1, -0.05) is 25.1 Å². The van der Waals surface area contributed by atoms with Gasteiger partial charge in [-0.15, -0.1) is 16.4 Å². The number of hydrogen-bond donors (Lipinski definition) is 2. The monoisotopic (exact) mass is 306 g/mol. The molecule has 2 aromatic heterocycles. The van der Waals surface area contributed by atoms with Crippen molar-refractivity contribution < 1.29 is 9.94 Å². The lowest BCUT2D eigenvalue weighted by Crippen LogP contribution is -2.20. The van der Waals surface area contributed by atoms with Gasteiger partial charge in [-0.3, -0.25) is 0 Å². The first-order valence-electron chi connectivity index (χ1n) is 6.72. The minimum absolute atomic E-state index is 0.00219. The predicted molar refractivity (Wildman–Crippen MR) is 81.9 cm³/mol. The molecule has 0 atom stereocenters. The van der Waals surface area contributed by atoms with Crippen molar-refractivity contribution in [1.29, 1.82) is 0 Å². The quantitative estimate of drug-likeness (QED) is 0.370. The molecule has 2 aromatic rings. The molecule has 0 saturated carbocycles.